The number of hydrogen-bond acceptors (Lipinski definition) is 2. The molecule has 1 saturated carbocycles. The van der Waals surface area contributed by atoms with Crippen molar-refractivity contribution in [3.05, 3.63) is 0 Å². The molecule has 1 heterocycles. The number of rotatable bonds is 5. The zero-order valence-electron chi connectivity index (χ0n) is 11.0. The van der Waals surface area contributed by atoms with Crippen molar-refractivity contribution in [2.45, 2.75) is 52.0 Å². The summed E-state index contributed by atoms with van der Waals surface area (Å²) in [6.07, 6.45) is 7.20. The summed E-state index contributed by atoms with van der Waals surface area (Å²) in [6, 6.07) is 0.732. The lowest BCUT2D eigenvalue weighted by Gasteiger charge is -2.37. The molecule has 0 atom stereocenters. The Hall–Kier alpha value is -0.0800. The maximum Gasteiger partial charge on any atom is 0.00388 e. The van der Waals surface area contributed by atoms with Gasteiger partial charge in [-0.3, -0.25) is 0 Å². The smallest absolute Gasteiger partial charge is 0.00388 e. The van der Waals surface area contributed by atoms with Gasteiger partial charge in [-0.15, -0.1) is 0 Å². The van der Waals surface area contributed by atoms with E-state index in [4.69, 9.17) is 0 Å². The molecule has 0 unspecified atom stereocenters. The molecule has 0 amide bonds. The Morgan fingerprint density at radius 1 is 1.00 bits per heavy atom. The predicted octanol–water partition coefficient (Wildman–Crippen LogP) is 2.50. The third-order valence-electron chi connectivity index (χ3n) is 4.40. The third-order valence-corrected chi connectivity index (χ3v) is 4.40. The summed E-state index contributed by atoms with van der Waals surface area (Å²) in [5.41, 5.74) is 0. The van der Waals surface area contributed by atoms with Crippen LogP contribution in [-0.2, 0) is 0 Å². The maximum absolute atomic E-state index is 3.46. The molecule has 0 aromatic heterocycles. The van der Waals surface area contributed by atoms with E-state index in [-0.39, 0.29) is 0 Å². The van der Waals surface area contributed by atoms with Crippen molar-refractivity contribution in [1.29, 1.82) is 0 Å². The summed E-state index contributed by atoms with van der Waals surface area (Å²) in [6.45, 7) is 9.90. The molecule has 2 aliphatic rings. The molecule has 16 heavy (non-hydrogen) atoms. The van der Waals surface area contributed by atoms with E-state index in [2.05, 4.69) is 24.1 Å². The van der Waals surface area contributed by atoms with Crippen LogP contribution in [-0.4, -0.2) is 37.1 Å². The highest BCUT2D eigenvalue weighted by molar-refractivity contribution is 4.79. The van der Waals surface area contributed by atoms with E-state index in [1.165, 1.54) is 58.3 Å². The van der Waals surface area contributed by atoms with Crippen LogP contribution in [0.15, 0.2) is 0 Å². The van der Waals surface area contributed by atoms with E-state index in [9.17, 15) is 0 Å². The van der Waals surface area contributed by atoms with Crippen molar-refractivity contribution < 1.29 is 0 Å². The summed E-state index contributed by atoms with van der Waals surface area (Å²) < 4.78 is 0. The first-order valence-corrected chi connectivity index (χ1v) is 7.20. The molecule has 2 rings (SSSR count). The number of hydrogen-bond donors (Lipinski definition) is 1. The van der Waals surface area contributed by atoms with Gasteiger partial charge in [0.25, 0.3) is 0 Å². The first-order valence-electron chi connectivity index (χ1n) is 7.20. The highest BCUT2D eigenvalue weighted by atomic mass is 15.2. The molecule has 0 spiro atoms. The Morgan fingerprint density at radius 2 is 1.56 bits per heavy atom. The largest absolute Gasteiger partial charge is 0.317 e. The fourth-order valence-electron chi connectivity index (χ4n) is 2.90. The standard InChI is InChI=1S/C14H28N2/c1-12(2)16(10-13-4-3-5-13)11-14-6-8-15-9-7-14/h12-15H,3-11H2,1-2H3. The van der Waals surface area contributed by atoms with Crippen LogP contribution in [0.2, 0.25) is 0 Å². The van der Waals surface area contributed by atoms with E-state index < -0.39 is 0 Å². The van der Waals surface area contributed by atoms with Crippen molar-refractivity contribution in [2.75, 3.05) is 26.2 Å². The summed E-state index contributed by atoms with van der Waals surface area (Å²) in [4.78, 5) is 2.74. The lowest BCUT2D eigenvalue weighted by molar-refractivity contribution is 0.118. The van der Waals surface area contributed by atoms with Crippen LogP contribution in [0.4, 0.5) is 0 Å². The summed E-state index contributed by atoms with van der Waals surface area (Å²) in [5.74, 6) is 1.97. The van der Waals surface area contributed by atoms with Crippen LogP contribution in [0, 0.1) is 11.8 Å². The minimum absolute atomic E-state index is 0.732. The lowest BCUT2D eigenvalue weighted by Crippen LogP contribution is -2.42. The highest BCUT2D eigenvalue weighted by Crippen LogP contribution is 2.28. The van der Waals surface area contributed by atoms with Gasteiger partial charge in [0.2, 0.25) is 0 Å². The number of piperidine rings is 1. The Morgan fingerprint density at radius 3 is 2.00 bits per heavy atom. The van der Waals surface area contributed by atoms with Crippen molar-refractivity contribution in [3.63, 3.8) is 0 Å². The van der Waals surface area contributed by atoms with Gasteiger partial charge in [0.15, 0.2) is 0 Å². The van der Waals surface area contributed by atoms with Gasteiger partial charge in [0.05, 0.1) is 0 Å². The molecule has 1 aliphatic heterocycles. The summed E-state index contributed by atoms with van der Waals surface area (Å²) in [5, 5.41) is 3.46. The van der Waals surface area contributed by atoms with E-state index in [0.29, 0.717) is 0 Å². The molecule has 94 valence electrons. The number of nitrogens with zero attached hydrogens (tertiary/aromatic N) is 1. The fourth-order valence-corrected chi connectivity index (χ4v) is 2.90. The zero-order valence-corrected chi connectivity index (χ0v) is 11.0. The molecule has 0 aromatic carbocycles. The number of nitrogens with one attached hydrogen (secondary N) is 1. The minimum atomic E-state index is 0.732. The average molecular weight is 224 g/mol. The average Bonchev–Trinajstić information content (AvgIpc) is 2.22. The minimum Gasteiger partial charge on any atom is -0.317 e. The Balaban J connectivity index is 1.76. The van der Waals surface area contributed by atoms with Crippen LogP contribution < -0.4 is 5.32 Å². The van der Waals surface area contributed by atoms with Gasteiger partial charge in [0.1, 0.15) is 0 Å². The van der Waals surface area contributed by atoms with Crippen LogP contribution in [0.5, 0.6) is 0 Å². The maximum atomic E-state index is 3.46. The second-order valence-corrected chi connectivity index (χ2v) is 6.04. The second-order valence-electron chi connectivity index (χ2n) is 6.04. The molecular weight excluding hydrogens is 196 g/mol. The van der Waals surface area contributed by atoms with Crippen molar-refractivity contribution >= 4 is 0 Å². The molecular formula is C14H28N2. The molecule has 0 bridgehead atoms. The van der Waals surface area contributed by atoms with Crippen molar-refractivity contribution in [2.24, 2.45) is 11.8 Å². The first-order chi connectivity index (χ1) is 7.75. The van der Waals surface area contributed by atoms with Gasteiger partial charge in [0, 0.05) is 19.1 Å². The van der Waals surface area contributed by atoms with Crippen molar-refractivity contribution in [3.8, 4) is 0 Å². The third kappa shape index (κ3) is 3.46. The van der Waals surface area contributed by atoms with Gasteiger partial charge in [-0.2, -0.15) is 0 Å². The molecule has 0 radical (unpaired) electrons. The predicted molar refractivity (Wildman–Crippen MR) is 69.6 cm³/mol. The van der Waals surface area contributed by atoms with E-state index in [1.54, 1.807) is 0 Å². The van der Waals surface area contributed by atoms with Gasteiger partial charge in [-0.05, 0) is 64.5 Å². The molecule has 2 fully saturated rings. The Labute approximate surface area is 101 Å². The molecule has 1 aliphatic carbocycles. The Kier molecular flexibility index (Phi) is 4.66. The molecule has 2 heteroatoms. The molecule has 0 aromatic rings. The summed E-state index contributed by atoms with van der Waals surface area (Å²) in [7, 11) is 0. The van der Waals surface area contributed by atoms with Crippen LogP contribution >= 0.6 is 0 Å². The lowest BCUT2D eigenvalue weighted by atomic mass is 9.84. The van der Waals surface area contributed by atoms with Crippen molar-refractivity contribution in [1.82, 2.24) is 10.2 Å². The van der Waals surface area contributed by atoms with Gasteiger partial charge < -0.3 is 10.2 Å². The molecule has 1 saturated heterocycles. The second kappa shape index (κ2) is 6.02. The SMILES string of the molecule is CC(C)N(CC1CCC1)CC1CCNCC1. The van der Waals surface area contributed by atoms with Crippen LogP contribution in [0.25, 0.3) is 0 Å². The fraction of sp³-hybridized carbons (Fsp3) is 1.00. The monoisotopic (exact) mass is 224 g/mol. The normalized spacial score (nSPS) is 24.0. The van der Waals surface area contributed by atoms with Crippen LogP contribution in [0.3, 0.4) is 0 Å². The van der Waals surface area contributed by atoms with E-state index in [1.807, 2.05) is 0 Å². The van der Waals surface area contributed by atoms with E-state index in [0.717, 1.165) is 17.9 Å². The topological polar surface area (TPSA) is 15.3 Å². The Bertz CT molecular complexity index is 193. The van der Waals surface area contributed by atoms with Gasteiger partial charge in [-0.25, -0.2) is 0 Å². The first kappa shape index (κ1) is 12.4. The van der Waals surface area contributed by atoms with Gasteiger partial charge >= 0.3 is 0 Å². The van der Waals surface area contributed by atoms with Crippen LogP contribution in [0.1, 0.15) is 46.0 Å². The quantitative estimate of drug-likeness (QED) is 0.772. The molecule has 2 nitrogen and oxygen atoms in total. The zero-order chi connectivity index (χ0) is 11.4. The highest BCUT2D eigenvalue weighted by Gasteiger charge is 2.24. The summed E-state index contributed by atoms with van der Waals surface area (Å²) >= 11 is 0. The van der Waals surface area contributed by atoms with E-state index >= 15 is 0 Å². The molecule has 1 N–H and O–H groups in total. The van der Waals surface area contributed by atoms with Gasteiger partial charge in [-0.1, -0.05) is 6.42 Å².